The summed E-state index contributed by atoms with van der Waals surface area (Å²) >= 11 is 6.41. The van der Waals surface area contributed by atoms with Crippen LogP contribution < -0.4 is 9.47 Å². The number of rotatable bonds is 10. The van der Waals surface area contributed by atoms with E-state index in [2.05, 4.69) is 26.0 Å². The number of para-hydroxylation sites is 1. The van der Waals surface area contributed by atoms with E-state index in [1.54, 1.807) is 0 Å². The SMILES string of the molecule is CCOc1ccc(C(C)(CC)COCc2cccc(Oc3ccccc3)c2)cc1Cl. The van der Waals surface area contributed by atoms with Gasteiger partial charge in [-0.2, -0.15) is 0 Å². The third-order valence-corrected chi connectivity index (χ3v) is 5.57. The van der Waals surface area contributed by atoms with Crippen LogP contribution in [0.15, 0.2) is 72.8 Å². The van der Waals surface area contributed by atoms with Crippen molar-refractivity contribution in [2.75, 3.05) is 13.2 Å². The van der Waals surface area contributed by atoms with Gasteiger partial charge in [0.2, 0.25) is 0 Å². The Balaban J connectivity index is 1.63. The van der Waals surface area contributed by atoms with Crippen LogP contribution in [0.2, 0.25) is 5.02 Å². The van der Waals surface area contributed by atoms with Crippen molar-refractivity contribution in [3.63, 3.8) is 0 Å². The Morgan fingerprint density at radius 2 is 1.63 bits per heavy atom. The highest BCUT2D eigenvalue weighted by Gasteiger charge is 2.26. The van der Waals surface area contributed by atoms with Crippen molar-refractivity contribution in [3.8, 4) is 17.2 Å². The molecule has 0 heterocycles. The van der Waals surface area contributed by atoms with Crippen molar-refractivity contribution in [1.82, 2.24) is 0 Å². The molecule has 3 nitrogen and oxygen atoms in total. The van der Waals surface area contributed by atoms with Gasteiger partial charge in [0, 0.05) is 5.41 Å². The van der Waals surface area contributed by atoms with Crippen LogP contribution in [-0.2, 0) is 16.8 Å². The van der Waals surface area contributed by atoms with E-state index in [0.29, 0.717) is 24.8 Å². The normalized spacial score (nSPS) is 12.9. The molecule has 4 heteroatoms. The smallest absolute Gasteiger partial charge is 0.137 e. The monoisotopic (exact) mass is 424 g/mol. The molecule has 30 heavy (non-hydrogen) atoms. The third kappa shape index (κ3) is 5.78. The minimum atomic E-state index is -0.132. The zero-order chi connectivity index (χ0) is 21.4. The summed E-state index contributed by atoms with van der Waals surface area (Å²) in [4.78, 5) is 0. The number of benzene rings is 3. The predicted molar refractivity (Wildman–Crippen MR) is 123 cm³/mol. The van der Waals surface area contributed by atoms with Crippen molar-refractivity contribution in [1.29, 1.82) is 0 Å². The maximum absolute atomic E-state index is 6.41. The van der Waals surface area contributed by atoms with Crippen LogP contribution in [0.1, 0.15) is 38.3 Å². The highest BCUT2D eigenvalue weighted by Crippen LogP contribution is 2.34. The van der Waals surface area contributed by atoms with E-state index >= 15 is 0 Å². The van der Waals surface area contributed by atoms with Gasteiger partial charge in [-0.1, -0.05) is 61.8 Å². The Morgan fingerprint density at radius 1 is 0.867 bits per heavy atom. The van der Waals surface area contributed by atoms with Crippen LogP contribution in [0.4, 0.5) is 0 Å². The molecular weight excluding hydrogens is 396 g/mol. The molecule has 3 aromatic rings. The van der Waals surface area contributed by atoms with Gasteiger partial charge in [0.25, 0.3) is 0 Å². The van der Waals surface area contributed by atoms with Gasteiger partial charge in [0.15, 0.2) is 0 Å². The van der Waals surface area contributed by atoms with E-state index in [0.717, 1.165) is 34.8 Å². The average Bonchev–Trinajstić information content (AvgIpc) is 2.76. The fourth-order valence-corrected chi connectivity index (χ4v) is 3.49. The highest BCUT2D eigenvalue weighted by atomic mass is 35.5. The van der Waals surface area contributed by atoms with Gasteiger partial charge in [0.05, 0.1) is 24.8 Å². The lowest BCUT2D eigenvalue weighted by molar-refractivity contribution is 0.0747. The molecule has 0 aliphatic rings. The summed E-state index contributed by atoms with van der Waals surface area (Å²) < 4.78 is 17.6. The molecular formula is C26H29ClO3. The van der Waals surface area contributed by atoms with Crippen LogP contribution in [0, 0.1) is 0 Å². The first-order valence-corrected chi connectivity index (χ1v) is 10.7. The highest BCUT2D eigenvalue weighted by molar-refractivity contribution is 6.32. The van der Waals surface area contributed by atoms with Crippen LogP contribution in [0.25, 0.3) is 0 Å². The standard InChI is InChI=1S/C26H29ClO3/c1-4-26(3,21-14-15-25(29-5-2)24(27)17-21)19-28-18-20-10-9-13-23(16-20)30-22-11-7-6-8-12-22/h6-17H,4-5,18-19H2,1-3H3. The Kier molecular flexibility index (Phi) is 7.78. The lowest BCUT2D eigenvalue weighted by Crippen LogP contribution is -2.27. The summed E-state index contributed by atoms with van der Waals surface area (Å²) in [6.07, 6.45) is 0.939. The molecule has 158 valence electrons. The van der Waals surface area contributed by atoms with Crippen molar-refractivity contribution >= 4 is 11.6 Å². The molecule has 0 spiro atoms. The van der Waals surface area contributed by atoms with Gasteiger partial charge in [-0.25, -0.2) is 0 Å². The Labute approximate surface area is 184 Å². The van der Waals surface area contributed by atoms with Crippen molar-refractivity contribution in [2.45, 2.75) is 39.2 Å². The zero-order valence-corrected chi connectivity index (χ0v) is 18.6. The largest absolute Gasteiger partial charge is 0.492 e. The molecule has 0 radical (unpaired) electrons. The van der Waals surface area contributed by atoms with Gasteiger partial charge >= 0.3 is 0 Å². The number of hydrogen-bond acceptors (Lipinski definition) is 3. The second-order valence-electron chi connectivity index (χ2n) is 7.55. The molecule has 0 aliphatic carbocycles. The van der Waals surface area contributed by atoms with E-state index in [1.165, 1.54) is 0 Å². The number of halogens is 1. The van der Waals surface area contributed by atoms with E-state index in [-0.39, 0.29) is 5.41 Å². The van der Waals surface area contributed by atoms with Crippen molar-refractivity contribution in [3.05, 3.63) is 88.9 Å². The molecule has 0 saturated carbocycles. The first kappa shape index (κ1) is 22.2. The summed E-state index contributed by atoms with van der Waals surface area (Å²) in [6.45, 7) is 8.04. The van der Waals surface area contributed by atoms with Crippen LogP contribution in [0.3, 0.4) is 0 Å². The second-order valence-corrected chi connectivity index (χ2v) is 7.95. The molecule has 1 atom stereocenters. The number of hydrogen-bond donors (Lipinski definition) is 0. The molecule has 0 aliphatic heterocycles. The summed E-state index contributed by atoms with van der Waals surface area (Å²) in [5.74, 6) is 2.35. The zero-order valence-electron chi connectivity index (χ0n) is 17.9. The Morgan fingerprint density at radius 3 is 2.33 bits per heavy atom. The summed E-state index contributed by atoms with van der Waals surface area (Å²) in [6, 6.07) is 23.8. The van der Waals surface area contributed by atoms with Gasteiger partial charge < -0.3 is 14.2 Å². The van der Waals surface area contributed by atoms with E-state index in [4.69, 9.17) is 25.8 Å². The summed E-state index contributed by atoms with van der Waals surface area (Å²) in [7, 11) is 0. The quantitative estimate of drug-likeness (QED) is 0.339. The molecule has 0 N–H and O–H groups in total. The molecule has 1 unspecified atom stereocenters. The first-order valence-electron chi connectivity index (χ1n) is 10.4. The van der Waals surface area contributed by atoms with E-state index < -0.39 is 0 Å². The number of ether oxygens (including phenoxy) is 3. The van der Waals surface area contributed by atoms with Crippen LogP contribution >= 0.6 is 11.6 Å². The average molecular weight is 425 g/mol. The Hall–Kier alpha value is -2.49. The Bertz CT molecular complexity index is 942. The lowest BCUT2D eigenvalue weighted by Gasteiger charge is -2.29. The van der Waals surface area contributed by atoms with Gasteiger partial charge in [0.1, 0.15) is 17.2 Å². The minimum Gasteiger partial charge on any atom is -0.492 e. The molecule has 0 fully saturated rings. The topological polar surface area (TPSA) is 27.7 Å². The molecule has 0 aromatic heterocycles. The summed E-state index contributed by atoms with van der Waals surface area (Å²) in [5, 5.41) is 0.639. The maximum Gasteiger partial charge on any atom is 0.137 e. The second kappa shape index (κ2) is 10.5. The van der Waals surface area contributed by atoms with Crippen molar-refractivity contribution < 1.29 is 14.2 Å². The molecule has 0 amide bonds. The van der Waals surface area contributed by atoms with Crippen molar-refractivity contribution in [2.24, 2.45) is 0 Å². The predicted octanol–water partition coefficient (Wildman–Crippen LogP) is 7.42. The fraction of sp³-hybridized carbons (Fsp3) is 0.308. The molecule has 0 saturated heterocycles. The first-order chi connectivity index (χ1) is 14.5. The molecule has 3 rings (SSSR count). The van der Waals surface area contributed by atoms with Gasteiger partial charge in [-0.15, -0.1) is 0 Å². The van der Waals surface area contributed by atoms with Gasteiger partial charge in [-0.3, -0.25) is 0 Å². The van der Waals surface area contributed by atoms with Crippen LogP contribution in [0.5, 0.6) is 17.2 Å². The van der Waals surface area contributed by atoms with Gasteiger partial charge in [-0.05, 0) is 60.9 Å². The molecule has 3 aromatic carbocycles. The minimum absolute atomic E-state index is 0.132. The molecule has 0 bridgehead atoms. The van der Waals surface area contributed by atoms with Crippen LogP contribution in [-0.4, -0.2) is 13.2 Å². The van der Waals surface area contributed by atoms with E-state index in [9.17, 15) is 0 Å². The third-order valence-electron chi connectivity index (χ3n) is 5.28. The summed E-state index contributed by atoms with van der Waals surface area (Å²) in [5.41, 5.74) is 2.10. The lowest BCUT2D eigenvalue weighted by atomic mass is 9.81. The van der Waals surface area contributed by atoms with E-state index in [1.807, 2.05) is 67.6 Å². The maximum atomic E-state index is 6.41. The fourth-order valence-electron chi connectivity index (χ4n) is 3.26.